The van der Waals surface area contributed by atoms with Crippen LogP contribution in [-0.4, -0.2) is 47.0 Å². The Morgan fingerprint density at radius 1 is 1.00 bits per heavy atom. The second kappa shape index (κ2) is 7.33. The van der Waals surface area contributed by atoms with Crippen molar-refractivity contribution in [2.75, 3.05) is 31.1 Å². The van der Waals surface area contributed by atoms with E-state index in [4.69, 9.17) is 0 Å². The molecule has 5 rings (SSSR count). The quantitative estimate of drug-likeness (QED) is 0.507. The lowest BCUT2D eigenvalue weighted by Gasteiger charge is -2.35. The Balaban J connectivity index is 1.38. The highest BCUT2D eigenvalue weighted by Gasteiger charge is 2.24. The lowest BCUT2D eigenvalue weighted by atomic mass is 10.2. The van der Waals surface area contributed by atoms with Crippen LogP contribution in [0, 0.1) is 0 Å². The lowest BCUT2D eigenvalue weighted by molar-refractivity contribution is 0.0747. The van der Waals surface area contributed by atoms with Crippen LogP contribution in [0.1, 0.15) is 10.4 Å². The van der Waals surface area contributed by atoms with Crippen molar-refractivity contribution in [3.8, 4) is 10.4 Å². The van der Waals surface area contributed by atoms with E-state index in [0.717, 1.165) is 34.7 Å². The molecule has 1 saturated heterocycles. The predicted octanol–water partition coefficient (Wildman–Crippen LogP) is 4.38. The van der Waals surface area contributed by atoms with Gasteiger partial charge in [-0.3, -0.25) is 4.79 Å². The Hall–Kier alpha value is -2.77. The number of nitrogens with zero attached hydrogens (tertiary/aromatic N) is 4. The van der Waals surface area contributed by atoms with Gasteiger partial charge in [-0.15, -0.1) is 11.3 Å². The number of aromatic nitrogens is 2. The van der Waals surface area contributed by atoms with Gasteiger partial charge in [-0.25, -0.2) is 9.97 Å². The first-order valence-corrected chi connectivity index (χ1v) is 10.9. The lowest BCUT2D eigenvalue weighted by Crippen LogP contribution is -2.49. The standard InChI is InChI=1S/C21H18N4OS2/c26-21(16-6-11-27-13-16)25-9-7-24(8-10-25)19-17-12-18(15-4-2-1-3-5-15)28-20(17)23-14-22-19/h1-6,11-14H,7-10H2. The van der Waals surface area contributed by atoms with Crippen molar-refractivity contribution in [2.24, 2.45) is 0 Å². The summed E-state index contributed by atoms with van der Waals surface area (Å²) in [7, 11) is 0. The van der Waals surface area contributed by atoms with E-state index < -0.39 is 0 Å². The zero-order valence-electron chi connectivity index (χ0n) is 15.1. The summed E-state index contributed by atoms with van der Waals surface area (Å²) in [5, 5.41) is 4.95. The first kappa shape index (κ1) is 17.3. The average Bonchev–Trinajstić information content (AvgIpc) is 3.44. The van der Waals surface area contributed by atoms with E-state index in [1.165, 1.54) is 10.4 Å². The molecule has 0 bridgehead atoms. The van der Waals surface area contributed by atoms with Gasteiger partial charge in [0.1, 0.15) is 17.0 Å². The number of fused-ring (bicyclic) bond motifs is 1. The monoisotopic (exact) mass is 406 g/mol. The third kappa shape index (κ3) is 3.16. The number of carbonyl (C=O) groups excluding carboxylic acids is 1. The molecule has 0 atom stereocenters. The van der Waals surface area contributed by atoms with Gasteiger partial charge >= 0.3 is 0 Å². The van der Waals surface area contributed by atoms with Crippen molar-refractivity contribution in [1.82, 2.24) is 14.9 Å². The molecule has 1 aliphatic rings. The van der Waals surface area contributed by atoms with Gasteiger partial charge in [0.2, 0.25) is 0 Å². The molecule has 1 amide bonds. The Morgan fingerprint density at radius 2 is 1.82 bits per heavy atom. The number of carbonyl (C=O) groups is 1. The smallest absolute Gasteiger partial charge is 0.254 e. The third-order valence-corrected chi connectivity index (χ3v) is 6.78. The van der Waals surface area contributed by atoms with Crippen LogP contribution < -0.4 is 4.90 Å². The van der Waals surface area contributed by atoms with Crippen molar-refractivity contribution >= 4 is 44.6 Å². The van der Waals surface area contributed by atoms with Crippen LogP contribution in [0.15, 0.2) is 59.6 Å². The number of hydrogen-bond donors (Lipinski definition) is 0. The van der Waals surface area contributed by atoms with Crippen LogP contribution in [0.4, 0.5) is 5.82 Å². The molecular weight excluding hydrogens is 388 g/mol. The van der Waals surface area contributed by atoms with E-state index in [9.17, 15) is 4.79 Å². The summed E-state index contributed by atoms with van der Waals surface area (Å²) >= 11 is 3.25. The summed E-state index contributed by atoms with van der Waals surface area (Å²) in [6.45, 7) is 2.96. The zero-order chi connectivity index (χ0) is 18.9. The number of piperazine rings is 1. The minimum Gasteiger partial charge on any atom is -0.352 e. The van der Waals surface area contributed by atoms with E-state index in [-0.39, 0.29) is 5.91 Å². The van der Waals surface area contributed by atoms with Crippen LogP contribution in [0.25, 0.3) is 20.7 Å². The molecule has 1 aromatic carbocycles. The fourth-order valence-electron chi connectivity index (χ4n) is 3.53. The molecule has 1 fully saturated rings. The maximum atomic E-state index is 12.6. The number of rotatable bonds is 3. The second-order valence-corrected chi connectivity index (χ2v) is 8.49. The molecule has 0 spiro atoms. The predicted molar refractivity (Wildman–Crippen MR) is 115 cm³/mol. The minimum absolute atomic E-state index is 0.121. The molecule has 5 nitrogen and oxygen atoms in total. The van der Waals surface area contributed by atoms with Gasteiger partial charge in [0.05, 0.1) is 10.9 Å². The van der Waals surface area contributed by atoms with Gasteiger partial charge in [0, 0.05) is 36.4 Å². The summed E-state index contributed by atoms with van der Waals surface area (Å²) in [4.78, 5) is 28.0. The number of amides is 1. The van der Waals surface area contributed by atoms with E-state index in [1.54, 1.807) is 29.0 Å². The van der Waals surface area contributed by atoms with Gasteiger partial charge in [-0.1, -0.05) is 30.3 Å². The van der Waals surface area contributed by atoms with Crippen molar-refractivity contribution in [2.45, 2.75) is 0 Å². The highest BCUT2D eigenvalue weighted by molar-refractivity contribution is 7.21. The third-order valence-electron chi connectivity index (χ3n) is 5.00. The van der Waals surface area contributed by atoms with E-state index in [1.807, 2.05) is 27.8 Å². The van der Waals surface area contributed by atoms with E-state index >= 15 is 0 Å². The molecule has 0 saturated carbocycles. The molecule has 4 aromatic rings. The van der Waals surface area contributed by atoms with Crippen LogP contribution in [0.2, 0.25) is 0 Å². The summed E-state index contributed by atoms with van der Waals surface area (Å²) in [5.74, 6) is 1.08. The van der Waals surface area contributed by atoms with Crippen molar-refractivity contribution in [3.05, 3.63) is 65.1 Å². The minimum atomic E-state index is 0.121. The summed E-state index contributed by atoms with van der Waals surface area (Å²) in [6, 6.07) is 14.4. The number of hydrogen-bond acceptors (Lipinski definition) is 6. The van der Waals surface area contributed by atoms with E-state index in [0.29, 0.717) is 13.1 Å². The second-order valence-electron chi connectivity index (χ2n) is 6.68. The van der Waals surface area contributed by atoms with Gasteiger partial charge in [0.15, 0.2) is 0 Å². The Morgan fingerprint density at radius 3 is 2.57 bits per heavy atom. The van der Waals surface area contributed by atoms with Gasteiger partial charge in [-0.2, -0.15) is 11.3 Å². The molecule has 4 heterocycles. The van der Waals surface area contributed by atoms with Crippen molar-refractivity contribution in [1.29, 1.82) is 0 Å². The maximum Gasteiger partial charge on any atom is 0.254 e. The normalized spacial score (nSPS) is 14.6. The highest BCUT2D eigenvalue weighted by atomic mass is 32.1. The molecule has 140 valence electrons. The van der Waals surface area contributed by atoms with Crippen LogP contribution in [0.5, 0.6) is 0 Å². The number of benzene rings is 1. The summed E-state index contributed by atoms with van der Waals surface area (Å²) in [5.41, 5.74) is 1.98. The van der Waals surface area contributed by atoms with Crippen LogP contribution in [-0.2, 0) is 0 Å². The maximum absolute atomic E-state index is 12.6. The molecule has 3 aromatic heterocycles. The molecular formula is C21H18N4OS2. The number of anilines is 1. The first-order chi connectivity index (χ1) is 13.8. The van der Waals surface area contributed by atoms with Crippen LogP contribution in [0.3, 0.4) is 0 Å². The highest BCUT2D eigenvalue weighted by Crippen LogP contribution is 2.36. The molecule has 0 N–H and O–H groups in total. The van der Waals surface area contributed by atoms with Crippen molar-refractivity contribution < 1.29 is 4.79 Å². The Bertz CT molecular complexity index is 1100. The van der Waals surface area contributed by atoms with Gasteiger partial charge < -0.3 is 9.80 Å². The van der Waals surface area contributed by atoms with Gasteiger partial charge in [0.25, 0.3) is 5.91 Å². The Labute approximate surface area is 170 Å². The molecule has 28 heavy (non-hydrogen) atoms. The topological polar surface area (TPSA) is 49.3 Å². The number of thiophene rings is 2. The summed E-state index contributed by atoms with van der Waals surface area (Å²) in [6.07, 6.45) is 1.64. The molecule has 0 aliphatic carbocycles. The summed E-state index contributed by atoms with van der Waals surface area (Å²) < 4.78 is 0. The van der Waals surface area contributed by atoms with Gasteiger partial charge in [-0.05, 0) is 23.1 Å². The zero-order valence-corrected chi connectivity index (χ0v) is 16.7. The fourth-order valence-corrected chi connectivity index (χ4v) is 5.16. The fraction of sp³-hybridized carbons (Fsp3) is 0.190. The SMILES string of the molecule is O=C(c1ccsc1)N1CCN(c2ncnc3sc(-c4ccccc4)cc23)CC1. The molecule has 7 heteroatoms. The molecule has 1 aliphatic heterocycles. The van der Waals surface area contributed by atoms with Crippen molar-refractivity contribution in [3.63, 3.8) is 0 Å². The first-order valence-electron chi connectivity index (χ1n) is 9.16. The average molecular weight is 407 g/mol. The largest absolute Gasteiger partial charge is 0.352 e. The van der Waals surface area contributed by atoms with E-state index in [2.05, 4.69) is 45.2 Å². The Kier molecular flexibility index (Phi) is 4.54. The molecule has 0 unspecified atom stereocenters. The molecule has 0 radical (unpaired) electrons. The van der Waals surface area contributed by atoms with Crippen LogP contribution >= 0.6 is 22.7 Å².